The van der Waals surface area contributed by atoms with Gasteiger partial charge in [-0.15, -0.1) is 11.8 Å². The monoisotopic (exact) mass is 216 g/mol. The zero-order valence-electron chi connectivity index (χ0n) is 8.18. The Kier molecular flexibility index (Phi) is 1.62. The van der Waals surface area contributed by atoms with E-state index >= 15 is 0 Å². The standard InChI is InChI=1S/C12H12N2S/c13-10-6-2-1-5-9(10)11-7-3-4-8-12(11,14)15-11/h1-8H,13-14H2. The lowest BCUT2D eigenvalue weighted by molar-refractivity contribution is 0.713. The van der Waals surface area contributed by atoms with Crippen molar-refractivity contribution in [3.8, 4) is 0 Å². The van der Waals surface area contributed by atoms with E-state index in [4.69, 9.17) is 11.5 Å². The number of hydrogen-bond acceptors (Lipinski definition) is 3. The fourth-order valence-electron chi connectivity index (χ4n) is 2.14. The molecular weight excluding hydrogens is 204 g/mol. The Balaban J connectivity index is 2.14. The minimum Gasteiger partial charge on any atom is -0.398 e. The first-order chi connectivity index (χ1) is 7.18. The topological polar surface area (TPSA) is 52.0 Å². The molecule has 4 N–H and O–H groups in total. The molecule has 0 spiro atoms. The summed E-state index contributed by atoms with van der Waals surface area (Å²) in [6.07, 6.45) is 8.22. The van der Waals surface area contributed by atoms with Gasteiger partial charge < -0.3 is 11.5 Å². The van der Waals surface area contributed by atoms with E-state index in [2.05, 4.69) is 12.1 Å². The van der Waals surface area contributed by atoms with Crippen molar-refractivity contribution in [1.29, 1.82) is 0 Å². The van der Waals surface area contributed by atoms with Gasteiger partial charge in [-0.3, -0.25) is 0 Å². The normalized spacial score (nSPS) is 36.3. The van der Waals surface area contributed by atoms with E-state index < -0.39 is 0 Å². The van der Waals surface area contributed by atoms with E-state index in [0.29, 0.717) is 0 Å². The number of para-hydroxylation sites is 1. The lowest BCUT2D eigenvalue weighted by atomic mass is 9.88. The average Bonchev–Trinajstić information content (AvgIpc) is 2.86. The maximum atomic E-state index is 6.26. The molecule has 1 saturated heterocycles. The summed E-state index contributed by atoms with van der Waals surface area (Å²) in [5.41, 5.74) is 14.2. The second-order valence-corrected chi connectivity index (χ2v) is 5.46. The molecule has 2 aliphatic rings. The third kappa shape index (κ3) is 1.05. The van der Waals surface area contributed by atoms with Crippen LogP contribution in [-0.2, 0) is 4.75 Å². The quantitative estimate of drug-likeness (QED) is 0.557. The van der Waals surface area contributed by atoms with E-state index in [9.17, 15) is 0 Å². The number of hydrogen-bond donors (Lipinski definition) is 2. The highest BCUT2D eigenvalue weighted by Gasteiger charge is 2.66. The van der Waals surface area contributed by atoms with Gasteiger partial charge in [-0.05, 0) is 11.6 Å². The molecule has 15 heavy (non-hydrogen) atoms. The van der Waals surface area contributed by atoms with Crippen molar-refractivity contribution in [1.82, 2.24) is 0 Å². The predicted molar refractivity (Wildman–Crippen MR) is 65.3 cm³/mol. The molecule has 3 rings (SSSR count). The average molecular weight is 216 g/mol. The first-order valence-corrected chi connectivity index (χ1v) is 5.71. The Morgan fingerprint density at radius 1 is 1.07 bits per heavy atom. The van der Waals surface area contributed by atoms with E-state index in [1.165, 1.54) is 0 Å². The van der Waals surface area contributed by atoms with Crippen LogP contribution in [0, 0.1) is 0 Å². The Morgan fingerprint density at radius 2 is 1.80 bits per heavy atom. The summed E-state index contributed by atoms with van der Waals surface area (Å²) in [5, 5.41) is 0. The van der Waals surface area contributed by atoms with Crippen LogP contribution in [0.1, 0.15) is 5.56 Å². The van der Waals surface area contributed by atoms with Gasteiger partial charge in [-0.1, -0.05) is 42.5 Å². The summed E-state index contributed by atoms with van der Waals surface area (Å²) in [5.74, 6) is 0. The summed E-state index contributed by atoms with van der Waals surface area (Å²) in [6, 6.07) is 7.94. The molecular formula is C12H12N2S. The minimum atomic E-state index is -0.294. The number of anilines is 1. The van der Waals surface area contributed by atoms with E-state index in [1.807, 2.05) is 36.4 Å². The van der Waals surface area contributed by atoms with Gasteiger partial charge in [0.15, 0.2) is 0 Å². The van der Waals surface area contributed by atoms with Crippen molar-refractivity contribution in [3.63, 3.8) is 0 Å². The van der Waals surface area contributed by atoms with Gasteiger partial charge in [0.1, 0.15) is 4.87 Å². The maximum absolute atomic E-state index is 6.26. The van der Waals surface area contributed by atoms with Crippen LogP contribution in [-0.4, -0.2) is 4.87 Å². The highest BCUT2D eigenvalue weighted by molar-refractivity contribution is 8.09. The van der Waals surface area contributed by atoms with Crippen LogP contribution in [0.5, 0.6) is 0 Å². The van der Waals surface area contributed by atoms with Gasteiger partial charge in [0.05, 0.1) is 4.75 Å². The van der Waals surface area contributed by atoms with Crippen LogP contribution in [0.2, 0.25) is 0 Å². The molecule has 1 aromatic carbocycles. The fourth-order valence-corrected chi connectivity index (χ4v) is 3.46. The molecule has 1 fully saturated rings. The van der Waals surface area contributed by atoms with E-state index in [1.54, 1.807) is 11.8 Å². The van der Waals surface area contributed by atoms with Crippen molar-refractivity contribution in [3.05, 3.63) is 54.1 Å². The lowest BCUT2D eigenvalue weighted by Crippen LogP contribution is -2.31. The van der Waals surface area contributed by atoms with Crippen molar-refractivity contribution in [2.75, 3.05) is 5.73 Å². The largest absolute Gasteiger partial charge is 0.398 e. The molecule has 1 heterocycles. The predicted octanol–water partition coefficient (Wildman–Crippen LogP) is 1.99. The van der Waals surface area contributed by atoms with E-state index in [0.717, 1.165) is 11.3 Å². The van der Waals surface area contributed by atoms with Crippen LogP contribution in [0.3, 0.4) is 0 Å². The summed E-state index contributed by atoms with van der Waals surface area (Å²) >= 11 is 1.74. The highest BCUT2D eigenvalue weighted by Crippen LogP contribution is 2.70. The molecule has 0 aromatic heterocycles. The summed E-state index contributed by atoms with van der Waals surface area (Å²) in [4.78, 5) is -0.294. The van der Waals surface area contributed by atoms with Gasteiger partial charge in [0.2, 0.25) is 0 Å². The molecule has 1 aromatic rings. The summed E-state index contributed by atoms with van der Waals surface area (Å²) < 4.78 is -0.132. The Hall–Kier alpha value is -1.19. The van der Waals surface area contributed by atoms with Crippen LogP contribution >= 0.6 is 11.8 Å². The Morgan fingerprint density at radius 3 is 2.53 bits per heavy atom. The highest BCUT2D eigenvalue weighted by atomic mass is 32.2. The van der Waals surface area contributed by atoms with Crippen LogP contribution < -0.4 is 11.5 Å². The van der Waals surface area contributed by atoms with E-state index in [-0.39, 0.29) is 9.62 Å². The molecule has 0 bridgehead atoms. The third-order valence-corrected chi connectivity index (χ3v) is 4.62. The number of allylic oxidation sites excluding steroid dienone is 2. The van der Waals surface area contributed by atoms with Gasteiger partial charge in [-0.2, -0.15) is 0 Å². The molecule has 3 heteroatoms. The van der Waals surface area contributed by atoms with Crippen molar-refractivity contribution in [2.24, 2.45) is 5.73 Å². The number of nitrogens with two attached hydrogens (primary N) is 2. The SMILES string of the molecule is Nc1ccccc1C12C=CC=CC1(N)S2. The molecule has 0 saturated carbocycles. The molecule has 1 aliphatic heterocycles. The van der Waals surface area contributed by atoms with Crippen molar-refractivity contribution >= 4 is 17.4 Å². The fraction of sp³-hybridized carbons (Fsp3) is 0.167. The van der Waals surface area contributed by atoms with Crippen molar-refractivity contribution in [2.45, 2.75) is 9.62 Å². The smallest absolute Gasteiger partial charge is 0.105 e. The second kappa shape index (κ2) is 2.68. The van der Waals surface area contributed by atoms with Crippen molar-refractivity contribution < 1.29 is 0 Å². The molecule has 2 unspecified atom stereocenters. The number of benzene rings is 1. The van der Waals surface area contributed by atoms with Crippen LogP contribution in [0.25, 0.3) is 0 Å². The zero-order chi connectivity index (χ0) is 10.5. The number of rotatable bonds is 1. The zero-order valence-corrected chi connectivity index (χ0v) is 9.00. The van der Waals surface area contributed by atoms with Gasteiger partial charge >= 0.3 is 0 Å². The molecule has 0 radical (unpaired) electrons. The first kappa shape index (κ1) is 9.07. The first-order valence-electron chi connectivity index (χ1n) is 4.89. The molecule has 2 atom stereocenters. The molecule has 0 amide bonds. The second-order valence-electron chi connectivity index (χ2n) is 3.94. The Bertz CT molecular complexity index is 480. The lowest BCUT2D eigenvalue weighted by Gasteiger charge is -2.18. The molecule has 2 nitrogen and oxygen atoms in total. The third-order valence-electron chi connectivity index (χ3n) is 3.02. The number of fused-ring (bicyclic) bond motifs is 1. The maximum Gasteiger partial charge on any atom is 0.105 e. The van der Waals surface area contributed by atoms with Crippen LogP contribution in [0.15, 0.2) is 48.6 Å². The Labute approximate surface area is 93.0 Å². The summed E-state index contributed by atoms with van der Waals surface area (Å²) in [7, 11) is 0. The van der Waals surface area contributed by atoms with Gasteiger partial charge in [-0.25, -0.2) is 0 Å². The number of nitrogen functional groups attached to an aromatic ring is 1. The van der Waals surface area contributed by atoms with Gasteiger partial charge in [0, 0.05) is 5.69 Å². The molecule has 76 valence electrons. The summed E-state index contributed by atoms with van der Waals surface area (Å²) in [6.45, 7) is 0. The molecule has 1 aliphatic carbocycles. The number of thioether (sulfide) groups is 1. The van der Waals surface area contributed by atoms with Crippen LogP contribution in [0.4, 0.5) is 5.69 Å². The minimum absolute atomic E-state index is 0.132. The van der Waals surface area contributed by atoms with Gasteiger partial charge in [0.25, 0.3) is 0 Å².